The normalized spacial score (nSPS) is 12.3. The van der Waals surface area contributed by atoms with E-state index < -0.39 is 0 Å². The van der Waals surface area contributed by atoms with E-state index in [1.54, 1.807) is 28.2 Å². The Morgan fingerprint density at radius 2 is 1.05 bits per heavy atom. The van der Waals surface area contributed by atoms with Gasteiger partial charge in [0.15, 0.2) is 0 Å². The monoisotopic (exact) mass is 686 g/mol. The summed E-state index contributed by atoms with van der Waals surface area (Å²) < 4.78 is 0. The Bertz CT molecular complexity index is 1160. The standard InChI is InChI=1S/C33H52N2O2.2C2H6N.Zr/c1-30(2,3)24-16-22(28(36)26(18-24)32(7,8)9)20-34-14-15-35(13)21-23-17-25(31(4,5)6)19-27(29(23)37)33(10,11)12;2*1-3-2;/h16-20,36-37H,14-15,21H2,1-13H3;2*1-2H3;/q;2*-1;+3. The van der Waals surface area contributed by atoms with Gasteiger partial charge in [0, 0.05) is 36.0 Å². The molecule has 44 heavy (non-hydrogen) atoms. The van der Waals surface area contributed by atoms with Crippen LogP contribution < -0.4 is 0 Å². The topological polar surface area (TPSA) is 84.3 Å². The van der Waals surface area contributed by atoms with E-state index in [1.165, 1.54) is 11.1 Å². The first kappa shape index (κ1) is 44.6. The van der Waals surface area contributed by atoms with Crippen LogP contribution >= 0.6 is 0 Å². The molecule has 2 N–H and O–H groups in total. The summed E-state index contributed by atoms with van der Waals surface area (Å²) >= 11 is 0. The zero-order chi connectivity index (χ0) is 34.0. The summed E-state index contributed by atoms with van der Waals surface area (Å²) in [5, 5.41) is 29.1. The van der Waals surface area contributed by atoms with Crippen molar-refractivity contribution in [1.82, 2.24) is 4.90 Å². The smallest absolute Gasteiger partial charge is 0.668 e. The van der Waals surface area contributed by atoms with E-state index in [1.807, 2.05) is 6.21 Å². The molecule has 0 atom stereocenters. The number of nitrogens with zero attached hydrogens (tertiary/aromatic N) is 4. The van der Waals surface area contributed by atoms with Crippen molar-refractivity contribution in [1.29, 1.82) is 0 Å². The van der Waals surface area contributed by atoms with Crippen molar-refractivity contribution in [2.75, 3.05) is 48.3 Å². The maximum atomic E-state index is 11.1. The molecule has 0 aliphatic carbocycles. The molecule has 0 unspecified atom stereocenters. The van der Waals surface area contributed by atoms with Crippen molar-refractivity contribution in [2.24, 2.45) is 4.99 Å². The van der Waals surface area contributed by atoms with Crippen LogP contribution in [0, 0.1) is 0 Å². The summed E-state index contributed by atoms with van der Waals surface area (Å²) in [5.41, 5.74) is 5.76. The van der Waals surface area contributed by atoms with Crippen LogP contribution in [0.2, 0.25) is 0 Å². The molecule has 247 valence electrons. The predicted molar refractivity (Wildman–Crippen MR) is 190 cm³/mol. The van der Waals surface area contributed by atoms with Gasteiger partial charge in [-0.1, -0.05) is 101 Å². The first-order valence-corrected chi connectivity index (χ1v) is 15.3. The zero-order valence-electron chi connectivity index (χ0n) is 31.2. The molecule has 2 rings (SSSR count). The number of aromatic hydroxyl groups is 2. The molecule has 0 aliphatic rings. The maximum absolute atomic E-state index is 11.1. The third kappa shape index (κ3) is 14.7. The molecule has 0 saturated carbocycles. The van der Waals surface area contributed by atoms with Crippen LogP contribution in [0.1, 0.15) is 116 Å². The van der Waals surface area contributed by atoms with Gasteiger partial charge in [0.2, 0.25) is 0 Å². The van der Waals surface area contributed by atoms with E-state index >= 15 is 0 Å². The molecule has 0 fully saturated rings. The molecule has 7 heteroatoms. The van der Waals surface area contributed by atoms with E-state index in [0.29, 0.717) is 24.6 Å². The van der Waals surface area contributed by atoms with Gasteiger partial charge < -0.3 is 25.7 Å². The SMILES string of the molecule is CN(CCN=Cc1cc(C(C)(C)C)cc(C(C)(C)C)c1O)Cc1cc(C(C)(C)C)cc(C(C)(C)C)c1O.C[N-]C.C[N-]C.[Zr+3]. The molecule has 0 amide bonds. The van der Waals surface area contributed by atoms with Crippen molar-refractivity contribution >= 4 is 6.21 Å². The molecule has 0 aromatic heterocycles. The number of hydrogen-bond acceptors (Lipinski definition) is 4. The second-order valence-corrected chi connectivity index (χ2v) is 15.7. The van der Waals surface area contributed by atoms with Crippen molar-refractivity contribution in [3.8, 4) is 11.5 Å². The number of aliphatic imine (C=N–C) groups is 1. The summed E-state index contributed by atoms with van der Waals surface area (Å²) in [5.74, 6) is 0.714. The summed E-state index contributed by atoms with van der Waals surface area (Å²) in [6, 6.07) is 8.49. The average molecular weight is 688 g/mol. The molecule has 0 heterocycles. The first-order chi connectivity index (χ1) is 19.4. The number of phenolic OH excluding ortho intramolecular Hbond substituents is 2. The van der Waals surface area contributed by atoms with Gasteiger partial charge in [-0.15, -0.1) is 0 Å². The Morgan fingerprint density at radius 1 is 0.659 bits per heavy atom. The van der Waals surface area contributed by atoms with Gasteiger partial charge in [-0.05, 0) is 51.5 Å². The molecule has 0 aliphatic heterocycles. The minimum atomic E-state index is -0.163. The Hall–Kier alpha value is -1.53. The molecule has 1 radical (unpaired) electrons. The van der Waals surface area contributed by atoms with Crippen LogP contribution in [0.15, 0.2) is 29.3 Å². The Morgan fingerprint density at radius 3 is 1.43 bits per heavy atom. The van der Waals surface area contributed by atoms with Crippen molar-refractivity contribution in [3.63, 3.8) is 0 Å². The molecule has 0 saturated heterocycles. The first-order valence-electron chi connectivity index (χ1n) is 15.3. The van der Waals surface area contributed by atoms with Gasteiger partial charge in [0.05, 0.1) is 6.54 Å². The third-order valence-corrected chi connectivity index (χ3v) is 6.96. The largest absolute Gasteiger partial charge is 3.00 e. The van der Waals surface area contributed by atoms with Crippen molar-refractivity contribution in [3.05, 3.63) is 68.3 Å². The predicted octanol–water partition coefficient (Wildman–Crippen LogP) is 9.08. The zero-order valence-corrected chi connectivity index (χ0v) is 33.6. The van der Waals surface area contributed by atoms with Gasteiger partial charge in [-0.3, -0.25) is 4.99 Å². The van der Waals surface area contributed by atoms with E-state index in [4.69, 9.17) is 0 Å². The summed E-state index contributed by atoms with van der Waals surface area (Å²) in [7, 11) is 9.06. The minimum Gasteiger partial charge on any atom is -0.668 e. The molecular weight excluding hydrogens is 624 g/mol. The van der Waals surface area contributed by atoms with Crippen LogP contribution in [-0.4, -0.2) is 69.7 Å². The fourth-order valence-electron chi connectivity index (χ4n) is 4.34. The van der Waals surface area contributed by atoms with Gasteiger partial charge in [-0.2, -0.15) is 28.2 Å². The number of phenols is 2. The van der Waals surface area contributed by atoms with Crippen molar-refractivity contribution in [2.45, 2.75) is 111 Å². The van der Waals surface area contributed by atoms with E-state index in [2.05, 4.69) is 135 Å². The fraction of sp³-hybridized carbons (Fsp3) is 0.649. The minimum absolute atomic E-state index is 0. The maximum Gasteiger partial charge on any atom is 3.00 e. The summed E-state index contributed by atoms with van der Waals surface area (Å²) in [4.78, 5) is 6.87. The van der Waals surface area contributed by atoms with Crippen LogP contribution in [0.3, 0.4) is 0 Å². The fourth-order valence-corrected chi connectivity index (χ4v) is 4.34. The number of hydrogen-bond donors (Lipinski definition) is 2. The Kier molecular flexibility index (Phi) is 18.8. The van der Waals surface area contributed by atoms with Gasteiger partial charge in [0.25, 0.3) is 0 Å². The van der Waals surface area contributed by atoms with Gasteiger partial charge in [0.1, 0.15) is 11.5 Å². The van der Waals surface area contributed by atoms with E-state index in [0.717, 1.165) is 28.8 Å². The van der Waals surface area contributed by atoms with Crippen LogP contribution in [-0.2, 0) is 54.4 Å². The van der Waals surface area contributed by atoms with Crippen LogP contribution in [0.4, 0.5) is 0 Å². The summed E-state index contributed by atoms with van der Waals surface area (Å²) in [6.07, 6.45) is 1.81. The second-order valence-electron chi connectivity index (χ2n) is 15.7. The average Bonchev–Trinajstić information content (AvgIpc) is 2.82. The van der Waals surface area contributed by atoms with Gasteiger partial charge >= 0.3 is 26.2 Å². The molecule has 2 aromatic carbocycles. The third-order valence-electron chi connectivity index (χ3n) is 6.96. The quantitative estimate of drug-likeness (QED) is 0.297. The van der Waals surface area contributed by atoms with Crippen LogP contribution in [0.25, 0.3) is 10.6 Å². The second kappa shape index (κ2) is 18.6. The van der Waals surface area contributed by atoms with Crippen LogP contribution in [0.5, 0.6) is 11.5 Å². The van der Waals surface area contributed by atoms with Crippen molar-refractivity contribution < 1.29 is 36.4 Å². The molecule has 0 bridgehead atoms. The molecule has 0 spiro atoms. The van der Waals surface area contributed by atoms with E-state index in [9.17, 15) is 10.2 Å². The number of rotatable bonds is 6. The molecule has 2 aromatic rings. The Labute approximate surface area is 290 Å². The number of likely N-dealkylation sites (N-methyl/N-ethyl adjacent to an activating group) is 1. The molecular formula is C37H64N4O2Zr+. The molecule has 6 nitrogen and oxygen atoms in total. The summed E-state index contributed by atoms with van der Waals surface area (Å²) in [6.45, 7) is 28.0. The Balaban J connectivity index is 0. The van der Waals surface area contributed by atoms with Gasteiger partial charge in [-0.25, -0.2) is 0 Å². The van der Waals surface area contributed by atoms with E-state index in [-0.39, 0.29) is 47.9 Å². The number of benzene rings is 2.